The van der Waals surface area contributed by atoms with Crippen molar-refractivity contribution >= 4 is 5.96 Å². The van der Waals surface area contributed by atoms with Crippen LogP contribution >= 0.6 is 0 Å². The fourth-order valence-electron chi connectivity index (χ4n) is 4.40. The van der Waals surface area contributed by atoms with Crippen LogP contribution in [0, 0.1) is 0 Å². The van der Waals surface area contributed by atoms with Crippen molar-refractivity contribution in [2.24, 2.45) is 4.99 Å². The molecule has 0 saturated carbocycles. The molecule has 6 nitrogen and oxygen atoms in total. The second kappa shape index (κ2) is 12.9. The Bertz CT molecular complexity index is 644. The SMILES string of the molecule is CCNC(=NCCCOC1CCCc2ccccc21)NC1CCN(CCOC)CC1. The third kappa shape index (κ3) is 7.25. The largest absolute Gasteiger partial charge is 0.383 e. The first kappa shape index (κ1) is 23.0. The molecule has 1 aliphatic heterocycles. The summed E-state index contributed by atoms with van der Waals surface area (Å²) in [5, 5.41) is 7.02. The minimum Gasteiger partial charge on any atom is -0.383 e. The quantitative estimate of drug-likeness (QED) is 0.349. The number of piperidine rings is 1. The van der Waals surface area contributed by atoms with Gasteiger partial charge in [-0.05, 0) is 56.6 Å². The van der Waals surface area contributed by atoms with Gasteiger partial charge in [0.15, 0.2) is 5.96 Å². The Morgan fingerprint density at radius 1 is 1.17 bits per heavy atom. The normalized spacial score (nSPS) is 20.7. The van der Waals surface area contributed by atoms with Gasteiger partial charge in [0.25, 0.3) is 0 Å². The van der Waals surface area contributed by atoms with Crippen molar-refractivity contribution in [3.8, 4) is 0 Å². The van der Waals surface area contributed by atoms with Crippen LogP contribution < -0.4 is 10.6 Å². The van der Waals surface area contributed by atoms with E-state index in [9.17, 15) is 0 Å². The Hall–Kier alpha value is -1.63. The summed E-state index contributed by atoms with van der Waals surface area (Å²) in [4.78, 5) is 7.26. The van der Waals surface area contributed by atoms with Gasteiger partial charge < -0.3 is 25.0 Å². The highest BCUT2D eigenvalue weighted by atomic mass is 16.5. The molecule has 1 aliphatic carbocycles. The Morgan fingerprint density at radius 2 is 2.00 bits per heavy atom. The molecule has 0 bridgehead atoms. The number of methoxy groups -OCH3 is 1. The lowest BCUT2D eigenvalue weighted by Crippen LogP contribution is -2.49. The molecule has 3 rings (SSSR count). The first-order valence-corrected chi connectivity index (χ1v) is 11.8. The van der Waals surface area contributed by atoms with Crippen molar-refractivity contribution in [3.05, 3.63) is 35.4 Å². The van der Waals surface area contributed by atoms with E-state index in [1.54, 1.807) is 7.11 Å². The number of rotatable bonds is 10. The number of aryl methyl sites for hydroxylation is 1. The zero-order valence-corrected chi connectivity index (χ0v) is 18.9. The Balaban J connectivity index is 1.37. The lowest BCUT2D eigenvalue weighted by molar-refractivity contribution is 0.0402. The molecule has 30 heavy (non-hydrogen) atoms. The molecular formula is C24H40N4O2. The van der Waals surface area contributed by atoms with Gasteiger partial charge in [-0.25, -0.2) is 0 Å². The first-order valence-electron chi connectivity index (χ1n) is 11.8. The monoisotopic (exact) mass is 416 g/mol. The summed E-state index contributed by atoms with van der Waals surface area (Å²) in [5.74, 6) is 0.941. The van der Waals surface area contributed by atoms with Gasteiger partial charge in [-0.3, -0.25) is 4.99 Å². The number of hydrogen-bond acceptors (Lipinski definition) is 4. The van der Waals surface area contributed by atoms with Crippen molar-refractivity contribution in [1.82, 2.24) is 15.5 Å². The fourth-order valence-corrected chi connectivity index (χ4v) is 4.40. The molecule has 1 heterocycles. The summed E-state index contributed by atoms with van der Waals surface area (Å²) >= 11 is 0. The Kier molecular flexibility index (Phi) is 9.93. The van der Waals surface area contributed by atoms with Gasteiger partial charge in [0, 0.05) is 52.5 Å². The molecule has 1 aromatic rings. The summed E-state index contributed by atoms with van der Waals surface area (Å²) in [6.07, 6.45) is 7.05. The molecule has 6 heteroatoms. The smallest absolute Gasteiger partial charge is 0.191 e. The zero-order chi connectivity index (χ0) is 21.0. The van der Waals surface area contributed by atoms with Crippen molar-refractivity contribution < 1.29 is 9.47 Å². The molecule has 0 aromatic heterocycles. The molecular weight excluding hydrogens is 376 g/mol. The molecule has 1 saturated heterocycles. The number of likely N-dealkylation sites (tertiary alicyclic amines) is 1. The number of nitrogens with one attached hydrogen (secondary N) is 2. The van der Waals surface area contributed by atoms with Gasteiger partial charge >= 0.3 is 0 Å². The van der Waals surface area contributed by atoms with E-state index >= 15 is 0 Å². The third-order valence-corrected chi connectivity index (χ3v) is 6.09. The number of ether oxygens (including phenoxy) is 2. The van der Waals surface area contributed by atoms with Crippen LogP contribution in [0.15, 0.2) is 29.3 Å². The van der Waals surface area contributed by atoms with Crippen LogP contribution in [0.4, 0.5) is 0 Å². The maximum Gasteiger partial charge on any atom is 0.191 e. The summed E-state index contributed by atoms with van der Waals surface area (Å²) in [5.41, 5.74) is 2.85. The Morgan fingerprint density at radius 3 is 2.80 bits per heavy atom. The molecule has 168 valence electrons. The molecule has 1 atom stereocenters. The van der Waals surface area contributed by atoms with Crippen molar-refractivity contribution in [1.29, 1.82) is 0 Å². The lowest BCUT2D eigenvalue weighted by Gasteiger charge is -2.32. The number of benzene rings is 1. The van der Waals surface area contributed by atoms with E-state index in [0.29, 0.717) is 6.04 Å². The second-order valence-corrected chi connectivity index (χ2v) is 8.32. The van der Waals surface area contributed by atoms with E-state index in [4.69, 9.17) is 14.5 Å². The number of nitrogens with zero attached hydrogens (tertiary/aromatic N) is 2. The summed E-state index contributed by atoms with van der Waals surface area (Å²) in [7, 11) is 1.77. The molecule has 1 fully saturated rings. The molecule has 1 unspecified atom stereocenters. The van der Waals surface area contributed by atoms with Crippen LogP contribution in [-0.2, 0) is 15.9 Å². The number of hydrogen-bond donors (Lipinski definition) is 2. The molecule has 2 N–H and O–H groups in total. The van der Waals surface area contributed by atoms with Crippen LogP contribution in [0.25, 0.3) is 0 Å². The summed E-state index contributed by atoms with van der Waals surface area (Å²) in [6.45, 7) is 8.64. The highest BCUT2D eigenvalue weighted by Gasteiger charge is 2.21. The molecule has 0 radical (unpaired) electrons. The topological polar surface area (TPSA) is 58.1 Å². The van der Waals surface area contributed by atoms with E-state index in [1.165, 1.54) is 24.0 Å². The van der Waals surface area contributed by atoms with E-state index in [1.807, 2.05) is 0 Å². The second-order valence-electron chi connectivity index (χ2n) is 8.32. The number of aliphatic imine (C=N–C) groups is 1. The number of fused-ring (bicyclic) bond motifs is 1. The predicted octanol–water partition coefficient (Wildman–Crippen LogP) is 3.14. The van der Waals surface area contributed by atoms with E-state index in [-0.39, 0.29) is 6.10 Å². The van der Waals surface area contributed by atoms with Gasteiger partial charge in [-0.1, -0.05) is 24.3 Å². The molecule has 1 aromatic carbocycles. The van der Waals surface area contributed by atoms with Crippen molar-refractivity contribution in [3.63, 3.8) is 0 Å². The van der Waals surface area contributed by atoms with Crippen LogP contribution in [-0.4, -0.2) is 69.9 Å². The minimum absolute atomic E-state index is 0.258. The molecule has 0 amide bonds. The van der Waals surface area contributed by atoms with Gasteiger partial charge in [0.2, 0.25) is 0 Å². The number of guanidine groups is 1. The first-order chi connectivity index (χ1) is 14.8. The standard InChI is InChI=1S/C24H40N4O2/c1-3-25-24(27-21-12-15-28(16-13-21)17-19-29-2)26-14-7-18-30-23-11-6-9-20-8-4-5-10-22(20)23/h4-5,8,10,21,23H,3,6-7,9,11-19H2,1-2H3,(H2,25,26,27). The van der Waals surface area contributed by atoms with Crippen LogP contribution in [0.3, 0.4) is 0 Å². The van der Waals surface area contributed by atoms with Crippen LogP contribution in [0.1, 0.15) is 56.3 Å². The molecule has 2 aliphatic rings. The van der Waals surface area contributed by atoms with E-state index in [2.05, 4.69) is 46.7 Å². The summed E-state index contributed by atoms with van der Waals surface area (Å²) in [6, 6.07) is 9.23. The van der Waals surface area contributed by atoms with E-state index < -0.39 is 0 Å². The summed E-state index contributed by atoms with van der Waals surface area (Å²) < 4.78 is 11.4. The van der Waals surface area contributed by atoms with Crippen molar-refractivity contribution in [2.45, 2.75) is 57.6 Å². The Labute approximate surface area is 182 Å². The van der Waals surface area contributed by atoms with E-state index in [0.717, 1.165) is 77.6 Å². The highest BCUT2D eigenvalue weighted by Crippen LogP contribution is 2.32. The highest BCUT2D eigenvalue weighted by molar-refractivity contribution is 5.80. The average molecular weight is 417 g/mol. The maximum atomic E-state index is 6.22. The van der Waals surface area contributed by atoms with Gasteiger partial charge in [0.05, 0.1) is 12.7 Å². The van der Waals surface area contributed by atoms with Gasteiger partial charge in [-0.2, -0.15) is 0 Å². The van der Waals surface area contributed by atoms with Gasteiger partial charge in [-0.15, -0.1) is 0 Å². The molecule has 0 spiro atoms. The average Bonchev–Trinajstić information content (AvgIpc) is 2.78. The predicted molar refractivity (Wildman–Crippen MR) is 123 cm³/mol. The fraction of sp³-hybridized carbons (Fsp3) is 0.708. The van der Waals surface area contributed by atoms with Crippen molar-refractivity contribution in [2.75, 3.05) is 53.0 Å². The lowest BCUT2D eigenvalue weighted by atomic mass is 9.89. The minimum atomic E-state index is 0.258. The van der Waals surface area contributed by atoms with Gasteiger partial charge in [0.1, 0.15) is 0 Å². The van der Waals surface area contributed by atoms with Crippen LogP contribution in [0.2, 0.25) is 0 Å². The van der Waals surface area contributed by atoms with Crippen LogP contribution in [0.5, 0.6) is 0 Å². The maximum absolute atomic E-state index is 6.22. The third-order valence-electron chi connectivity index (χ3n) is 6.09. The zero-order valence-electron chi connectivity index (χ0n) is 18.9.